The molecule has 1 saturated heterocycles. The summed E-state index contributed by atoms with van der Waals surface area (Å²) in [5.74, 6) is -3.32. The second kappa shape index (κ2) is 3.21. The van der Waals surface area contributed by atoms with Gasteiger partial charge in [-0.05, 0) is 0 Å². The van der Waals surface area contributed by atoms with E-state index in [4.69, 9.17) is 15.9 Å². The predicted octanol–water partition coefficient (Wildman–Crippen LogP) is -0.951. The molecule has 1 heterocycles. The molecule has 1 rings (SSSR count). The van der Waals surface area contributed by atoms with Crippen LogP contribution in [0.15, 0.2) is 0 Å². The maximum atomic E-state index is 12.7. The van der Waals surface area contributed by atoms with Crippen molar-refractivity contribution < 1.29 is 23.7 Å². The van der Waals surface area contributed by atoms with Gasteiger partial charge in [0.2, 0.25) is 0 Å². The molecule has 0 saturated carbocycles. The number of hydrogen-bond acceptors (Lipinski definition) is 4. The SMILES string of the molecule is NCC1O[C@H](O)CC(F)(F)[C@@H]1O. The molecule has 0 bridgehead atoms. The van der Waals surface area contributed by atoms with E-state index in [0.29, 0.717) is 0 Å². The van der Waals surface area contributed by atoms with E-state index >= 15 is 0 Å². The molecule has 4 nitrogen and oxygen atoms in total. The Bertz CT molecular complexity index is 167. The lowest BCUT2D eigenvalue weighted by molar-refractivity contribution is -0.278. The van der Waals surface area contributed by atoms with Crippen LogP contribution in [-0.4, -0.2) is 41.2 Å². The Morgan fingerprint density at radius 2 is 2.08 bits per heavy atom. The molecule has 0 aromatic heterocycles. The fraction of sp³-hybridized carbons (Fsp3) is 1.00. The predicted molar refractivity (Wildman–Crippen MR) is 35.5 cm³/mol. The lowest BCUT2D eigenvalue weighted by atomic mass is 10.0. The highest BCUT2D eigenvalue weighted by molar-refractivity contribution is 4.88. The van der Waals surface area contributed by atoms with Gasteiger partial charge in [0.1, 0.15) is 12.2 Å². The van der Waals surface area contributed by atoms with Crippen molar-refractivity contribution in [3.63, 3.8) is 0 Å². The Hall–Kier alpha value is -0.300. The van der Waals surface area contributed by atoms with Crippen LogP contribution in [0.1, 0.15) is 6.42 Å². The second-order valence-corrected chi connectivity index (χ2v) is 2.77. The van der Waals surface area contributed by atoms with E-state index in [2.05, 4.69) is 4.74 Å². The van der Waals surface area contributed by atoms with Gasteiger partial charge in [0.15, 0.2) is 6.29 Å². The van der Waals surface area contributed by atoms with Gasteiger partial charge in [0.25, 0.3) is 5.92 Å². The Balaban J connectivity index is 2.68. The van der Waals surface area contributed by atoms with Crippen LogP contribution in [0.4, 0.5) is 8.78 Å². The first kappa shape index (κ1) is 9.79. The molecule has 0 aliphatic carbocycles. The summed E-state index contributed by atoms with van der Waals surface area (Å²) in [4.78, 5) is 0. The van der Waals surface area contributed by atoms with Crippen LogP contribution in [-0.2, 0) is 4.74 Å². The van der Waals surface area contributed by atoms with Crippen molar-refractivity contribution in [1.29, 1.82) is 0 Å². The summed E-state index contributed by atoms with van der Waals surface area (Å²) in [6.45, 7) is -0.242. The zero-order chi connectivity index (χ0) is 9.35. The third-order valence-corrected chi connectivity index (χ3v) is 1.80. The highest BCUT2D eigenvalue weighted by Gasteiger charge is 2.49. The third kappa shape index (κ3) is 1.71. The fourth-order valence-electron chi connectivity index (χ4n) is 1.13. The van der Waals surface area contributed by atoms with Crippen LogP contribution in [0.5, 0.6) is 0 Å². The van der Waals surface area contributed by atoms with Crippen LogP contribution >= 0.6 is 0 Å². The number of alkyl halides is 2. The molecule has 4 N–H and O–H groups in total. The number of hydrogen-bond donors (Lipinski definition) is 3. The molecular weight excluding hydrogens is 172 g/mol. The van der Waals surface area contributed by atoms with Gasteiger partial charge in [-0.25, -0.2) is 8.78 Å². The maximum Gasteiger partial charge on any atom is 0.280 e. The highest BCUT2D eigenvalue weighted by Crippen LogP contribution is 2.32. The van der Waals surface area contributed by atoms with Gasteiger partial charge in [-0.15, -0.1) is 0 Å². The van der Waals surface area contributed by atoms with Gasteiger partial charge < -0.3 is 20.7 Å². The minimum absolute atomic E-state index is 0.242. The topological polar surface area (TPSA) is 75.7 Å². The van der Waals surface area contributed by atoms with Gasteiger partial charge in [-0.2, -0.15) is 0 Å². The number of nitrogens with two attached hydrogens (primary N) is 1. The first-order chi connectivity index (χ1) is 5.47. The lowest BCUT2D eigenvalue weighted by Crippen LogP contribution is -2.55. The second-order valence-electron chi connectivity index (χ2n) is 2.77. The average Bonchev–Trinajstić information content (AvgIpc) is 1.96. The molecule has 1 fully saturated rings. The van der Waals surface area contributed by atoms with Crippen molar-refractivity contribution in [3.05, 3.63) is 0 Å². The number of halogens is 2. The van der Waals surface area contributed by atoms with Crippen LogP contribution in [0.25, 0.3) is 0 Å². The number of ether oxygens (including phenoxy) is 1. The van der Waals surface area contributed by atoms with Crippen molar-refractivity contribution >= 4 is 0 Å². The average molecular weight is 183 g/mol. The number of aliphatic hydroxyl groups excluding tert-OH is 2. The molecule has 0 aromatic carbocycles. The molecule has 0 aromatic rings. The summed E-state index contributed by atoms with van der Waals surface area (Å²) in [7, 11) is 0. The smallest absolute Gasteiger partial charge is 0.280 e. The molecule has 6 heteroatoms. The third-order valence-electron chi connectivity index (χ3n) is 1.80. The van der Waals surface area contributed by atoms with E-state index in [0.717, 1.165) is 0 Å². The molecule has 1 aliphatic heterocycles. The summed E-state index contributed by atoms with van der Waals surface area (Å²) in [6.07, 6.45) is -5.54. The monoisotopic (exact) mass is 183 g/mol. The molecule has 1 aliphatic rings. The molecule has 3 atom stereocenters. The largest absolute Gasteiger partial charge is 0.384 e. The minimum Gasteiger partial charge on any atom is -0.384 e. The Morgan fingerprint density at radius 3 is 2.58 bits per heavy atom. The zero-order valence-corrected chi connectivity index (χ0v) is 6.28. The molecule has 0 amide bonds. The molecular formula is C6H11F2NO3. The number of aliphatic hydroxyl groups is 2. The minimum atomic E-state index is -3.32. The highest BCUT2D eigenvalue weighted by atomic mass is 19.3. The fourth-order valence-corrected chi connectivity index (χ4v) is 1.13. The molecule has 12 heavy (non-hydrogen) atoms. The molecule has 0 spiro atoms. The van der Waals surface area contributed by atoms with Crippen LogP contribution in [0, 0.1) is 0 Å². The van der Waals surface area contributed by atoms with Crippen molar-refractivity contribution in [2.75, 3.05) is 6.54 Å². The zero-order valence-electron chi connectivity index (χ0n) is 6.28. The van der Waals surface area contributed by atoms with E-state index in [9.17, 15) is 8.78 Å². The van der Waals surface area contributed by atoms with Gasteiger partial charge in [0, 0.05) is 6.54 Å². The summed E-state index contributed by atoms with van der Waals surface area (Å²) in [5.41, 5.74) is 5.05. The Kier molecular flexibility index (Phi) is 2.62. The van der Waals surface area contributed by atoms with Gasteiger partial charge in [0.05, 0.1) is 6.42 Å². The van der Waals surface area contributed by atoms with E-state index < -0.39 is 30.8 Å². The standard InChI is InChI=1S/C6H11F2NO3/c7-6(8)1-4(10)12-3(2-9)5(6)11/h3-5,10-11H,1-2,9H2/t3?,4-,5+/m0/s1. The van der Waals surface area contributed by atoms with Crippen LogP contribution in [0.2, 0.25) is 0 Å². The normalized spacial score (nSPS) is 41.2. The summed E-state index contributed by atoms with van der Waals surface area (Å²) >= 11 is 0. The lowest BCUT2D eigenvalue weighted by Gasteiger charge is -2.36. The first-order valence-corrected chi connectivity index (χ1v) is 3.57. The Labute approximate surface area is 67.9 Å². The van der Waals surface area contributed by atoms with E-state index in [1.54, 1.807) is 0 Å². The van der Waals surface area contributed by atoms with E-state index in [1.165, 1.54) is 0 Å². The van der Waals surface area contributed by atoms with Crippen LogP contribution in [0.3, 0.4) is 0 Å². The van der Waals surface area contributed by atoms with Crippen molar-refractivity contribution in [1.82, 2.24) is 0 Å². The molecule has 1 unspecified atom stereocenters. The van der Waals surface area contributed by atoms with Crippen molar-refractivity contribution in [2.45, 2.75) is 30.8 Å². The maximum absolute atomic E-state index is 12.7. The van der Waals surface area contributed by atoms with Crippen molar-refractivity contribution in [2.24, 2.45) is 5.73 Å². The molecule has 72 valence electrons. The Morgan fingerprint density at radius 1 is 1.50 bits per heavy atom. The first-order valence-electron chi connectivity index (χ1n) is 3.57. The van der Waals surface area contributed by atoms with Gasteiger partial charge in [-0.1, -0.05) is 0 Å². The summed E-state index contributed by atoms with van der Waals surface area (Å²) < 4.78 is 30.1. The quantitative estimate of drug-likeness (QED) is 0.490. The van der Waals surface area contributed by atoms with Gasteiger partial charge in [-0.3, -0.25) is 0 Å². The van der Waals surface area contributed by atoms with Gasteiger partial charge >= 0.3 is 0 Å². The summed E-state index contributed by atoms with van der Waals surface area (Å²) in [6, 6.07) is 0. The van der Waals surface area contributed by atoms with Crippen molar-refractivity contribution in [3.8, 4) is 0 Å². The summed E-state index contributed by atoms with van der Waals surface area (Å²) in [5, 5.41) is 17.7. The molecule has 0 radical (unpaired) electrons. The number of rotatable bonds is 1. The van der Waals surface area contributed by atoms with E-state index in [1.807, 2.05) is 0 Å². The van der Waals surface area contributed by atoms with E-state index in [-0.39, 0.29) is 6.54 Å². The van der Waals surface area contributed by atoms with Crippen LogP contribution < -0.4 is 5.73 Å².